The van der Waals surface area contributed by atoms with Crippen LogP contribution in [-0.4, -0.2) is 23.4 Å². The fourth-order valence-corrected chi connectivity index (χ4v) is 3.61. The van der Waals surface area contributed by atoms with Gasteiger partial charge in [0.15, 0.2) is 4.47 Å². The molecule has 0 fully saturated rings. The molecule has 0 radical (unpaired) electrons. The molecule has 24 heavy (non-hydrogen) atoms. The topological polar surface area (TPSA) is 98.9 Å². The minimum atomic E-state index is -3.85. The zero-order valence-electron chi connectivity index (χ0n) is 12.1. The number of benzene rings is 1. The third-order valence-corrected chi connectivity index (χ3v) is 5.28. The van der Waals surface area contributed by atoms with Crippen LogP contribution in [0.15, 0.2) is 53.8 Å². The van der Waals surface area contributed by atoms with E-state index in [1.807, 2.05) is 0 Å². The number of halogens is 1. The van der Waals surface area contributed by atoms with Crippen molar-refractivity contribution in [2.45, 2.75) is 11.4 Å². The van der Waals surface area contributed by atoms with Crippen molar-refractivity contribution in [2.24, 2.45) is 0 Å². The average Bonchev–Trinajstić information content (AvgIpc) is 2.99. The maximum absolute atomic E-state index is 12.2. The summed E-state index contributed by atoms with van der Waals surface area (Å²) in [6.07, 6.45) is 4.55. The second-order valence-electron chi connectivity index (χ2n) is 4.57. The summed E-state index contributed by atoms with van der Waals surface area (Å²) in [6, 6.07) is 7.86. The van der Waals surface area contributed by atoms with Gasteiger partial charge in [0.05, 0.1) is 11.4 Å². The van der Waals surface area contributed by atoms with Gasteiger partial charge in [-0.2, -0.15) is 0 Å². The predicted molar refractivity (Wildman–Crippen MR) is 93.1 cm³/mol. The van der Waals surface area contributed by atoms with E-state index in [9.17, 15) is 8.42 Å². The summed E-state index contributed by atoms with van der Waals surface area (Å²) in [7, 11) is -3.85. The molecule has 0 amide bonds. The zero-order valence-corrected chi connectivity index (χ0v) is 14.5. The highest BCUT2D eigenvalue weighted by atomic mass is 35.5. The Kier molecular flexibility index (Phi) is 4.93. The van der Waals surface area contributed by atoms with E-state index < -0.39 is 10.0 Å². The molecule has 10 heteroatoms. The molecular formula is C14H11ClN5O2S2-. The highest BCUT2D eigenvalue weighted by Crippen LogP contribution is 2.25. The fraction of sp³-hybridized carbons (Fsp3) is 0.0714. The number of sulfonamides is 1. The lowest BCUT2D eigenvalue weighted by molar-refractivity contribution is 0.603. The standard InChI is InChI=1S/C14H11ClN5O2S2/c15-13-19-9-11(23-13)8-18-10-2-4-12(5-3-10)24(21,22)20-14-16-6-1-7-17-14/h1-7,9,18H,8H2/q-1. The molecular weight excluding hydrogens is 370 g/mol. The molecule has 3 aromatic rings. The quantitative estimate of drug-likeness (QED) is 0.701. The molecule has 124 valence electrons. The fourth-order valence-electron chi connectivity index (χ4n) is 1.80. The summed E-state index contributed by atoms with van der Waals surface area (Å²) in [6.45, 7) is 0.554. The van der Waals surface area contributed by atoms with Gasteiger partial charge in [-0.3, -0.25) is 4.72 Å². The van der Waals surface area contributed by atoms with Crippen molar-refractivity contribution in [3.63, 3.8) is 0 Å². The molecule has 0 unspecified atom stereocenters. The van der Waals surface area contributed by atoms with E-state index in [1.54, 1.807) is 24.4 Å². The Morgan fingerprint density at radius 1 is 1.12 bits per heavy atom. The highest BCUT2D eigenvalue weighted by Gasteiger charge is 2.11. The molecule has 0 spiro atoms. The Morgan fingerprint density at radius 2 is 1.83 bits per heavy atom. The van der Waals surface area contributed by atoms with Crippen molar-refractivity contribution in [3.05, 3.63) is 63.0 Å². The molecule has 3 rings (SSSR count). The average molecular weight is 381 g/mol. The molecule has 1 N–H and O–H groups in total. The summed E-state index contributed by atoms with van der Waals surface area (Å²) in [4.78, 5) is 12.6. The lowest BCUT2D eigenvalue weighted by atomic mass is 10.3. The Bertz CT molecular complexity index is 914. The van der Waals surface area contributed by atoms with Crippen LogP contribution in [0.5, 0.6) is 0 Å². The first-order valence-electron chi connectivity index (χ1n) is 6.72. The van der Waals surface area contributed by atoms with E-state index >= 15 is 0 Å². The van der Waals surface area contributed by atoms with Gasteiger partial charge in [-0.25, -0.2) is 13.4 Å². The maximum atomic E-state index is 12.2. The van der Waals surface area contributed by atoms with Crippen molar-refractivity contribution in [1.29, 1.82) is 0 Å². The van der Waals surface area contributed by atoms with Gasteiger partial charge in [0.2, 0.25) is 10.0 Å². The van der Waals surface area contributed by atoms with Gasteiger partial charge in [-0.1, -0.05) is 17.7 Å². The number of rotatable bonds is 6. The molecule has 0 aliphatic heterocycles. The van der Waals surface area contributed by atoms with Crippen molar-refractivity contribution >= 4 is 44.6 Å². The molecule has 2 aromatic heterocycles. The van der Waals surface area contributed by atoms with E-state index in [1.165, 1.54) is 35.9 Å². The number of anilines is 1. The Balaban J connectivity index is 1.67. The lowest BCUT2D eigenvalue weighted by Gasteiger charge is -2.12. The van der Waals surface area contributed by atoms with E-state index in [0.717, 1.165) is 10.6 Å². The normalized spacial score (nSPS) is 11.2. The Morgan fingerprint density at radius 3 is 2.46 bits per heavy atom. The van der Waals surface area contributed by atoms with Crippen LogP contribution in [0.2, 0.25) is 4.47 Å². The number of aromatic nitrogens is 3. The second kappa shape index (κ2) is 7.12. The first-order valence-corrected chi connectivity index (χ1v) is 9.35. The van der Waals surface area contributed by atoms with Gasteiger partial charge in [-0.05, 0) is 36.7 Å². The molecule has 0 atom stereocenters. The van der Waals surface area contributed by atoms with Crippen molar-refractivity contribution in [1.82, 2.24) is 15.0 Å². The summed E-state index contributed by atoms with van der Waals surface area (Å²) < 4.78 is 28.5. The van der Waals surface area contributed by atoms with Crippen LogP contribution in [0.4, 0.5) is 11.6 Å². The summed E-state index contributed by atoms with van der Waals surface area (Å²) >= 11 is 7.15. The van der Waals surface area contributed by atoms with Gasteiger partial charge in [0.25, 0.3) is 0 Å². The van der Waals surface area contributed by atoms with Gasteiger partial charge < -0.3 is 15.3 Å². The first-order chi connectivity index (χ1) is 11.5. The van der Waals surface area contributed by atoms with E-state index in [0.29, 0.717) is 11.0 Å². The van der Waals surface area contributed by atoms with Crippen molar-refractivity contribution < 1.29 is 8.42 Å². The Hall–Kier alpha value is -2.23. The highest BCUT2D eigenvalue weighted by molar-refractivity contribution is 7.94. The summed E-state index contributed by atoms with van der Waals surface area (Å²) in [5.74, 6) is -0.0956. The second-order valence-corrected chi connectivity index (χ2v) is 7.87. The van der Waals surface area contributed by atoms with Crippen LogP contribution in [0.25, 0.3) is 4.72 Å². The molecule has 0 aliphatic rings. The number of nitrogens with one attached hydrogen (secondary N) is 1. The number of thiazole rings is 1. The van der Waals surface area contributed by atoms with Gasteiger partial charge in [0, 0.05) is 22.7 Å². The molecule has 0 saturated carbocycles. The first kappa shape index (κ1) is 16.6. The minimum Gasteiger partial charge on any atom is -0.380 e. The monoisotopic (exact) mass is 380 g/mol. The van der Waals surface area contributed by atoms with E-state index in [4.69, 9.17) is 11.6 Å². The van der Waals surface area contributed by atoms with E-state index in [-0.39, 0.29) is 10.8 Å². The van der Waals surface area contributed by atoms with Gasteiger partial charge in [-0.15, -0.1) is 11.3 Å². The molecule has 0 saturated heterocycles. The summed E-state index contributed by atoms with van der Waals surface area (Å²) in [5.41, 5.74) is 0.773. The largest absolute Gasteiger partial charge is 0.380 e. The molecule has 0 bridgehead atoms. The minimum absolute atomic E-state index is 0.0707. The lowest BCUT2D eigenvalue weighted by Crippen LogP contribution is -2.01. The van der Waals surface area contributed by atoms with Crippen LogP contribution in [0, 0.1) is 0 Å². The SMILES string of the molecule is O=S(=O)([N-]c1ncccn1)c1ccc(NCc2cnc(Cl)s2)cc1. The van der Waals surface area contributed by atoms with Crippen LogP contribution in [-0.2, 0) is 16.6 Å². The number of nitrogens with zero attached hydrogens (tertiary/aromatic N) is 4. The van der Waals surface area contributed by atoms with Crippen LogP contribution < -0.4 is 5.32 Å². The third kappa shape index (κ3) is 4.19. The third-order valence-electron chi connectivity index (χ3n) is 2.90. The molecule has 7 nitrogen and oxygen atoms in total. The van der Waals surface area contributed by atoms with Crippen LogP contribution >= 0.6 is 22.9 Å². The van der Waals surface area contributed by atoms with Crippen molar-refractivity contribution in [3.8, 4) is 0 Å². The Labute approximate surface area is 147 Å². The molecule has 1 aromatic carbocycles. The maximum Gasteiger partial charge on any atom is 0.229 e. The van der Waals surface area contributed by atoms with Crippen LogP contribution in [0.3, 0.4) is 0 Å². The predicted octanol–water partition coefficient (Wildman–Crippen LogP) is 3.59. The van der Waals surface area contributed by atoms with E-state index in [2.05, 4.69) is 25.0 Å². The molecule has 2 heterocycles. The number of hydrogen-bond acceptors (Lipinski definition) is 7. The van der Waals surface area contributed by atoms with Crippen LogP contribution in [0.1, 0.15) is 4.88 Å². The number of hydrogen-bond donors (Lipinski definition) is 1. The van der Waals surface area contributed by atoms with Gasteiger partial charge >= 0.3 is 0 Å². The zero-order chi connectivity index (χ0) is 17.0. The molecule has 0 aliphatic carbocycles. The van der Waals surface area contributed by atoms with Crippen molar-refractivity contribution in [2.75, 3.05) is 5.32 Å². The smallest absolute Gasteiger partial charge is 0.229 e. The summed E-state index contributed by atoms with van der Waals surface area (Å²) in [5, 5.41) is 3.16. The van der Waals surface area contributed by atoms with Gasteiger partial charge in [0.1, 0.15) is 0 Å².